The maximum atomic E-state index is 2.28. The molecule has 38 valence electrons. The summed E-state index contributed by atoms with van der Waals surface area (Å²) in [5.74, 6) is 9.12. The third kappa shape index (κ3) is 72.0. The van der Waals surface area contributed by atoms with Crippen molar-refractivity contribution in [2.75, 3.05) is 0 Å². The zero-order valence-corrected chi connectivity index (χ0v) is 10.0. The van der Waals surface area contributed by atoms with E-state index < -0.39 is 0 Å². The average Bonchev–Trinajstić information content (AvgIpc) is 1.39. The molecule has 2 radical (unpaired) electrons. The molecule has 0 aliphatic carbocycles. The van der Waals surface area contributed by atoms with Crippen LogP contribution in [0.15, 0.2) is 0 Å². The molecule has 0 unspecified atom stereocenters. The van der Waals surface area contributed by atoms with E-state index in [2.05, 4.69) is 23.0 Å². The van der Waals surface area contributed by atoms with Crippen LogP contribution < -0.4 is 0 Å². The van der Waals surface area contributed by atoms with Crippen molar-refractivity contribution < 1.29 is 0 Å². The van der Waals surface area contributed by atoms with Crippen LogP contribution in [-0.4, -0.2) is 30.9 Å². The van der Waals surface area contributed by atoms with Gasteiger partial charge in [-0.3, -0.25) is 0 Å². The summed E-state index contributed by atoms with van der Waals surface area (Å²) in [6.07, 6.45) is 0. The van der Waals surface area contributed by atoms with Crippen molar-refractivity contribution in [1.82, 2.24) is 0 Å². The fourth-order valence-electron chi connectivity index (χ4n) is 0. The second kappa shape index (κ2) is 16.5. The van der Waals surface area contributed by atoms with Gasteiger partial charge >= 0.3 is 53.9 Å². The summed E-state index contributed by atoms with van der Waals surface area (Å²) in [5.41, 5.74) is 0. The van der Waals surface area contributed by atoms with Gasteiger partial charge in [0.25, 0.3) is 0 Å². The van der Waals surface area contributed by atoms with Crippen LogP contribution >= 0.6 is 0 Å². The van der Waals surface area contributed by atoms with E-state index >= 15 is 0 Å². The molecule has 0 aromatic heterocycles. The van der Waals surface area contributed by atoms with Crippen LogP contribution in [-0.2, 0) is 0 Å². The Kier molecular flexibility index (Phi) is 28.0. The van der Waals surface area contributed by atoms with Crippen LogP contribution in [0.3, 0.4) is 0 Å². The summed E-state index contributed by atoms with van der Waals surface area (Å²) >= 11 is 0.625. The number of hydrogen-bond donors (Lipinski definition) is 0. The van der Waals surface area contributed by atoms with E-state index in [1.807, 2.05) is 0 Å². The van der Waals surface area contributed by atoms with Crippen LogP contribution in [0.4, 0.5) is 0 Å². The molecule has 0 saturated carbocycles. The zero-order chi connectivity index (χ0) is 5.41. The molecule has 0 heterocycles. The van der Waals surface area contributed by atoms with Crippen molar-refractivity contribution >= 4 is 30.9 Å². The van der Waals surface area contributed by atoms with Crippen LogP contribution in [0.5, 0.6) is 0 Å². The Bertz CT molecular complexity index is 7.51. The van der Waals surface area contributed by atoms with Crippen molar-refractivity contribution in [3.05, 3.63) is 0 Å². The standard InChI is InChI=1S/2C2H7Ge/c2*1-3-2/h2*3H,1-2H3. The van der Waals surface area contributed by atoms with Gasteiger partial charge in [-0.1, -0.05) is 0 Å². The van der Waals surface area contributed by atoms with E-state index in [9.17, 15) is 0 Å². The average molecular weight is 207 g/mol. The molecule has 0 nitrogen and oxygen atoms in total. The maximum absolute atomic E-state index is 2.28. The molecule has 0 fully saturated rings. The third-order valence-corrected chi connectivity index (χ3v) is 0. The SMILES string of the molecule is [CH3][GeH][CH3].[CH3][GeH][CH3]. The zero-order valence-electron chi connectivity index (χ0n) is 5.15. The fourth-order valence-corrected chi connectivity index (χ4v) is 0. The van der Waals surface area contributed by atoms with Crippen molar-refractivity contribution in [3.63, 3.8) is 0 Å². The van der Waals surface area contributed by atoms with Gasteiger partial charge in [0, 0.05) is 0 Å². The second-order valence-electron chi connectivity index (χ2n) is 1.15. The molecular formula is C4H14Ge2. The topological polar surface area (TPSA) is 0 Å². The van der Waals surface area contributed by atoms with Gasteiger partial charge in [-0.25, -0.2) is 0 Å². The first kappa shape index (κ1) is 10.1. The molecule has 0 rings (SSSR count). The Labute approximate surface area is 54.0 Å². The molecule has 0 atom stereocenters. The monoisotopic (exact) mass is 210 g/mol. The third-order valence-electron chi connectivity index (χ3n) is 0. The Hall–Kier alpha value is 1.09. The van der Waals surface area contributed by atoms with E-state index in [0.29, 0.717) is 30.9 Å². The van der Waals surface area contributed by atoms with Crippen molar-refractivity contribution in [2.45, 2.75) is 23.0 Å². The number of hydrogen-bond acceptors (Lipinski definition) is 0. The Morgan fingerprint density at radius 1 is 0.667 bits per heavy atom. The quantitative estimate of drug-likeness (QED) is 0.521. The molecule has 2 heteroatoms. The minimum absolute atomic E-state index is 0.312. The van der Waals surface area contributed by atoms with Crippen LogP contribution in [0.25, 0.3) is 0 Å². The van der Waals surface area contributed by atoms with Crippen LogP contribution in [0.1, 0.15) is 0 Å². The van der Waals surface area contributed by atoms with E-state index in [1.54, 1.807) is 0 Å². The predicted octanol–water partition coefficient (Wildman–Crippen LogP) is 1.04. The summed E-state index contributed by atoms with van der Waals surface area (Å²) in [4.78, 5) is 0. The Balaban J connectivity index is 0. The summed E-state index contributed by atoms with van der Waals surface area (Å²) in [6, 6.07) is 0. The number of rotatable bonds is 0. The van der Waals surface area contributed by atoms with E-state index in [1.165, 1.54) is 0 Å². The van der Waals surface area contributed by atoms with Gasteiger partial charge < -0.3 is 0 Å². The van der Waals surface area contributed by atoms with E-state index in [-0.39, 0.29) is 0 Å². The van der Waals surface area contributed by atoms with E-state index in [4.69, 9.17) is 0 Å². The van der Waals surface area contributed by atoms with Gasteiger partial charge in [-0.2, -0.15) is 0 Å². The molecule has 0 bridgehead atoms. The normalized spacial score (nSPS) is 6.00. The van der Waals surface area contributed by atoms with Crippen LogP contribution in [0.2, 0.25) is 23.0 Å². The first-order valence-electron chi connectivity index (χ1n) is 2.31. The second-order valence-corrected chi connectivity index (χ2v) is 6.00. The molecule has 0 spiro atoms. The van der Waals surface area contributed by atoms with Crippen molar-refractivity contribution in [1.29, 1.82) is 0 Å². The first-order valence-corrected chi connectivity index (χ1v) is 12.0. The molecule has 0 N–H and O–H groups in total. The van der Waals surface area contributed by atoms with Gasteiger partial charge in [-0.05, 0) is 0 Å². The summed E-state index contributed by atoms with van der Waals surface area (Å²) in [5, 5.41) is 0. The summed E-state index contributed by atoms with van der Waals surface area (Å²) in [7, 11) is 0. The summed E-state index contributed by atoms with van der Waals surface area (Å²) in [6.45, 7) is 0. The van der Waals surface area contributed by atoms with Crippen molar-refractivity contribution in [2.24, 2.45) is 0 Å². The van der Waals surface area contributed by atoms with Gasteiger partial charge in [0.05, 0.1) is 0 Å². The van der Waals surface area contributed by atoms with Gasteiger partial charge in [0.1, 0.15) is 0 Å². The molecule has 0 amide bonds. The molecule has 0 saturated heterocycles. The molecule has 6 heavy (non-hydrogen) atoms. The van der Waals surface area contributed by atoms with E-state index in [0.717, 1.165) is 0 Å². The predicted molar refractivity (Wildman–Crippen MR) is 37.8 cm³/mol. The van der Waals surface area contributed by atoms with Gasteiger partial charge in [-0.15, -0.1) is 0 Å². The van der Waals surface area contributed by atoms with Crippen LogP contribution in [0, 0.1) is 0 Å². The molecule has 0 aliphatic heterocycles. The molecule has 0 aromatic carbocycles. The molecule has 0 aliphatic rings. The minimum atomic E-state index is 0.312. The van der Waals surface area contributed by atoms with Gasteiger partial charge in [0.2, 0.25) is 0 Å². The Morgan fingerprint density at radius 2 is 0.667 bits per heavy atom. The van der Waals surface area contributed by atoms with Gasteiger partial charge in [0.15, 0.2) is 0 Å². The molecule has 0 aromatic rings. The fraction of sp³-hybridized carbons (Fsp3) is 1.00. The van der Waals surface area contributed by atoms with Crippen molar-refractivity contribution in [3.8, 4) is 0 Å². The summed E-state index contributed by atoms with van der Waals surface area (Å²) < 4.78 is 0. The Morgan fingerprint density at radius 3 is 0.667 bits per heavy atom. The molecular weight excluding hydrogens is 193 g/mol. The first-order chi connectivity index (χ1) is 2.83.